The van der Waals surface area contributed by atoms with Crippen molar-refractivity contribution < 1.29 is 14.4 Å². The highest BCUT2D eigenvalue weighted by Crippen LogP contribution is 2.05. The fraction of sp³-hybridized carbons (Fsp3) is 0.286. The molecule has 0 atom stereocenters. The highest BCUT2D eigenvalue weighted by Gasteiger charge is 2.12. The molecule has 8 heteroatoms. The van der Waals surface area contributed by atoms with E-state index in [1.54, 1.807) is 36.9 Å². The van der Waals surface area contributed by atoms with Gasteiger partial charge in [0.05, 0.1) is 18.6 Å². The summed E-state index contributed by atoms with van der Waals surface area (Å²) in [7, 11) is 3.19. The molecule has 0 bridgehead atoms. The van der Waals surface area contributed by atoms with Gasteiger partial charge >= 0.3 is 0 Å². The van der Waals surface area contributed by atoms with E-state index in [1.165, 1.54) is 4.90 Å². The molecule has 22 heavy (non-hydrogen) atoms. The lowest BCUT2D eigenvalue weighted by atomic mass is 10.3. The quantitative estimate of drug-likeness (QED) is 0.761. The Morgan fingerprint density at radius 2 is 1.95 bits per heavy atom. The summed E-state index contributed by atoms with van der Waals surface area (Å²) in [5, 5.41) is 8.99. The molecule has 0 aromatic carbocycles. The van der Waals surface area contributed by atoms with Crippen molar-refractivity contribution >= 4 is 23.2 Å². The van der Waals surface area contributed by atoms with Crippen molar-refractivity contribution in [2.45, 2.75) is 0 Å². The van der Waals surface area contributed by atoms with Crippen LogP contribution < -0.4 is 10.6 Å². The molecule has 2 aromatic rings. The van der Waals surface area contributed by atoms with Gasteiger partial charge in [-0.25, -0.2) is 4.52 Å². The predicted molar refractivity (Wildman–Crippen MR) is 79.2 cm³/mol. The second-order valence-electron chi connectivity index (χ2n) is 4.85. The number of aromatic nitrogens is 2. The summed E-state index contributed by atoms with van der Waals surface area (Å²) in [5.41, 5.74) is 1.01. The Balaban J connectivity index is 1.84. The van der Waals surface area contributed by atoms with Gasteiger partial charge in [-0.3, -0.25) is 14.4 Å². The van der Waals surface area contributed by atoms with E-state index < -0.39 is 11.8 Å². The Hall–Kier alpha value is -2.90. The topological polar surface area (TPSA) is 95.8 Å². The maximum Gasteiger partial charge on any atom is 0.272 e. The van der Waals surface area contributed by atoms with Gasteiger partial charge in [0.1, 0.15) is 0 Å². The zero-order valence-electron chi connectivity index (χ0n) is 12.4. The van der Waals surface area contributed by atoms with Gasteiger partial charge < -0.3 is 15.5 Å². The standard InChI is InChI=1S/C14H17N5O3/c1-18(2)13(21)9-15-12(20)8-16-14(22)11-7-10-5-3-4-6-19(10)17-11/h3-7H,8-9H2,1-2H3,(H,15,20)(H,16,22). The van der Waals surface area contributed by atoms with Gasteiger partial charge in [0.2, 0.25) is 11.8 Å². The first-order chi connectivity index (χ1) is 10.5. The van der Waals surface area contributed by atoms with E-state index in [0.717, 1.165) is 5.52 Å². The minimum atomic E-state index is -0.446. The molecule has 0 unspecified atom stereocenters. The SMILES string of the molecule is CN(C)C(=O)CNC(=O)CNC(=O)c1cc2ccccn2n1. The van der Waals surface area contributed by atoms with Gasteiger partial charge in [-0.15, -0.1) is 0 Å². The molecule has 0 fully saturated rings. The van der Waals surface area contributed by atoms with Crippen molar-refractivity contribution in [1.82, 2.24) is 25.1 Å². The van der Waals surface area contributed by atoms with Crippen LogP contribution >= 0.6 is 0 Å². The minimum absolute atomic E-state index is 0.101. The number of hydrogen-bond donors (Lipinski definition) is 2. The van der Waals surface area contributed by atoms with E-state index >= 15 is 0 Å². The minimum Gasteiger partial charge on any atom is -0.347 e. The van der Waals surface area contributed by atoms with Gasteiger partial charge in [-0.1, -0.05) is 6.07 Å². The average Bonchev–Trinajstić information content (AvgIpc) is 2.94. The molecular weight excluding hydrogens is 286 g/mol. The number of nitrogens with one attached hydrogen (secondary N) is 2. The number of likely N-dealkylation sites (N-methyl/N-ethyl adjacent to an activating group) is 1. The Labute approximate surface area is 127 Å². The summed E-state index contributed by atoms with van der Waals surface area (Å²) in [6, 6.07) is 7.09. The van der Waals surface area contributed by atoms with E-state index in [4.69, 9.17) is 0 Å². The van der Waals surface area contributed by atoms with Crippen molar-refractivity contribution in [1.29, 1.82) is 0 Å². The van der Waals surface area contributed by atoms with Crippen LogP contribution in [-0.2, 0) is 9.59 Å². The number of fused-ring (bicyclic) bond motifs is 1. The van der Waals surface area contributed by atoms with Crippen molar-refractivity contribution in [2.75, 3.05) is 27.2 Å². The molecule has 0 saturated heterocycles. The molecule has 8 nitrogen and oxygen atoms in total. The fourth-order valence-corrected chi connectivity index (χ4v) is 1.70. The fourth-order valence-electron chi connectivity index (χ4n) is 1.70. The van der Waals surface area contributed by atoms with Gasteiger partial charge in [-0.05, 0) is 18.2 Å². The average molecular weight is 303 g/mol. The van der Waals surface area contributed by atoms with Gasteiger partial charge in [0, 0.05) is 20.3 Å². The van der Waals surface area contributed by atoms with Gasteiger partial charge in [0.15, 0.2) is 5.69 Å². The summed E-state index contributed by atoms with van der Waals surface area (Å²) >= 11 is 0. The summed E-state index contributed by atoms with van der Waals surface area (Å²) in [5.74, 6) is -1.11. The number of pyridine rings is 1. The first kappa shape index (κ1) is 15.5. The lowest BCUT2D eigenvalue weighted by Gasteiger charge is -2.11. The molecule has 0 radical (unpaired) electrons. The molecule has 3 amide bonds. The summed E-state index contributed by atoms with van der Waals surface area (Å²) < 4.78 is 1.57. The molecular formula is C14H17N5O3. The number of carbonyl (C=O) groups excluding carboxylic acids is 3. The van der Waals surface area contributed by atoms with Crippen LogP contribution in [0.3, 0.4) is 0 Å². The number of hydrogen-bond acceptors (Lipinski definition) is 4. The predicted octanol–water partition coefficient (Wildman–Crippen LogP) is -0.731. The van der Waals surface area contributed by atoms with Crippen LogP contribution in [0.5, 0.6) is 0 Å². The molecule has 0 aliphatic rings. The Bertz CT molecular complexity index is 674. The highest BCUT2D eigenvalue weighted by atomic mass is 16.2. The lowest BCUT2D eigenvalue weighted by molar-refractivity contribution is -0.130. The summed E-state index contributed by atoms with van der Waals surface area (Å²) in [6.07, 6.45) is 1.73. The normalized spacial score (nSPS) is 10.3. The lowest BCUT2D eigenvalue weighted by Crippen LogP contribution is -2.41. The third kappa shape index (κ3) is 3.81. The van der Waals surface area contributed by atoms with Gasteiger partial charge in [-0.2, -0.15) is 5.10 Å². The van der Waals surface area contributed by atoms with Crippen molar-refractivity contribution in [3.8, 4) is 0 Å². The third-order valence-electron chi connectivity index (χ3n) is 2.95. The van der Waals surface area contributed by atoms with Crippen LogP contribution in [0.15, 0.2) is 30.5 Å². The summed E-state index contributed by atoms with van der Waals surface area (Å²) in [6.45, 7) is -0.316. The van der Waals surface area contributed by atoms with Crippen molar-refractivity contribution in [3.63, 3.8) is 0 Å². The Morgan fingerprint density at radius 1 is 1.18 bits per heavy atom. The van der Waals surface area contributed by atoms with Crippen molar-refractivity contribution in [3.05, 3.63) is 36.2 Å². The van der Waals surface area contributed by atoms with Crippen molar-refractivity contribution in [2.24, 2.45) is 0 Å². The van der Waals surface area contributed by atoms with Crippen LogP contribution in [0.25, 0.3) is 5.52 Å². The molecule has 0 spiro atoms. The number of nitrogens with zero attached hydrogens (tertiary/aromatic N) is 3. The van der Waals surface area contributed by atoms with Crippen LogP contribution in [0.1, 0.15) is 10.5 Å². The molecule has 0 aliphatic carbocycles. The molecule has 2 N–H and O–H groups in total. The largest absolute Gasteiger partial charge is 0.347 e. The summed E-state index contributed by atoms with van der Waals surface area (Å²) in [4.78, 5) is 36.2. The van der Waals surface area contributed by atoms with Crippen LogP contribution in [0.4, 0.5) is 0 Å². The first-order valence-corrected chi connectivity index (χ1v) is 6.67. The number of rotatable bonds is 5. The smallest absolute Gasteiger partial charge is 0.272 e. The maximum atomic E-state index is 11.9. The zero-order chi connectivity index (χ0) is 16.1. The van der Waals surface area contributed by atoms with Crippen LogP contribution in [-0.4, -0.2) is 59.4 Å². The van der Waals surface area contributed by atoms with Crippen LogP contribution in [0.2, 0.25) is 0 Å². The van der Waals surface area contributed by atoms with E-state index in [1.807, 2.05) is 12.1 Å². The zero-order valence-corrected chi connectivity index (χ0v) is 12.4. The molecule has 0 saturated carbocycles. The van der Waals surface area contributed by atoms with Crippen LogP contribution in [0, 0.1) is 0 Å². The molecule has 2 aromatic heterocycles. The molecule has 0 aliphatic heterocycles. The maximum absolute atomic E-state index is 11.9. The second-order valence-corrected chi connectivity index (χ2v) is 4.85. The third-order valence-corrected chi connectivity index (χ3v) is 2.95. The second kappa shape index (κ2) is 6.70. The number of amides is 3. The Kier molecular flexibility index (Phi) is 4.72. The molecule has 2 heterocycles. The van der Waals surface area contributed by atoms with E-state index in [2.05, 4.69) is 15.7 Å². The molecule has 2 rings (SSSR count). The van der Waals surface area contributed by atoms with E-state index in [0.29, 0.717) is 0 Å². The Morgan fingerprint density at radius 3 is 2.64 bits per heavy atom. The van der Waals surface area contributed by atoms with Gasteiger partial charge in [0.25, 0.3) is 5.91 Å². The molecule has 116 valence electrons. The number of carbonyl (C=O) groups is 3. The highest BCUT2D eigenvalue weighted by molar-refractivity contribution is 5.96. The van der Waals surface area contributed by atoms with E-state index in [-0.39, 0.29) is 24.7 Å². The monoisotopic (exact) mass is 303 g/mol. The van der Waals surface area contributed by atoms with E-state index in [9.17, 15) is 14.4 Å². The first-order valence-electron chi connectivity index (χ1n) is 6.67.